The topological polar surface area (TPSA) is 35.4 Å². The second-order valence-electron chi connectivity index (χ2n) is 13.6. The number of nitrogens with one attached hydrogen (secondary N) is 1. The number of nitrogens with zero attached hydrogens (tertiary/aromatic N) is 1. The number of hydrogen-bond acceptors (Lipinski definition) is 3. The van der Waals surface area contributed by atoms with E-state index in [1.807, 2.05) is 0 Å². The molecule has 8 aromatic rings. The van der Waals surface area contributed by atoms with Gasteiger partial charge in [-0.25, -0.2) is 0 Å². The summed E-state index contributed by atoms with van der Waals surface area (Å²) >= 11 is 0. The Hall–Kier alpha value is -6.78. The third kappa shape index (κ3) is 3.97. The number of fused-ring (bicyclic) bond motifs is 11. The van der Waals surface area contributed by atoms with Crippen LogP contribution in [0.1, 0.15) is 27.8 Å². The summed E-state index contributed by atoms with van der Waals surface area (Å²) in [6, 6.07) is 56.3. The summed E-state index contributed by atoms with van der Waals surface area (Å²) in [6.45, 7) is 0.799. The molecule has 0 bridgehead atoms. The molecule has 0 amide bonds. The molecular weight excluding hydrogens is 637 g/mol. The van der Waals surface area contributed by atoms with E-state index < -0.39 is 5.41 Å². The van der Waals surface area contributed by atoms with Crippen LogP contribution >= 0.6 is 0 Å². The zero-order chi connectivity index (χ0) is 34.2. The van der Waals surface area contributed by atoms with Crippen molar-refractivity contribution in [2.45, 2.75) is 5.41 Å². The van der Waals surface area contributed by atoms with E-state index in [1.165, 1.54) is 16.3 Å². The van der Waals surface area contributed by atoms with E-state index in [-0.39, 0.29) is 0 Å². The molecule has 1 aromatic heterocycles. The summed E-state index contributed by atoms with van der Waals surface area (Å²) in [7, 11) is 0. The molecule has 0 saturated heterocycles. The summed E-state index contributed by atoms with van der Waals surface area (Å²) in [5, 5.41) is 5.95. The van der Waals surface area contributed by atoms with Gasteiger partial charge < -0.3 is 19.4 Å². The van der Waals surface area contributed by atoms with Gasteiger partial charge in [-0.05, 0) is 42.5 Å². The van der Waals surface area contributed by atoms with E-state index in [2.05, 4.69) is 186 Å². The van der Waals surface area contributed by atoms with Gasteiger partial charge in [-0.3, -0.25) is 0 Å². The summed E-state index contributed by atoms with van der Waals surface area (Å²) < 4.78 is 16.4. The predicted molar refractivity (Wildman–Crippen MR) is 210 cm³/mol. The zero-order valence-corrected chi connectivity index (χ0v) is 28.2. The van der Waals surface area contributed by atoms with Crippen LogP contribution in [0.2, 0.25) is 0 Å². The number of hydrogen-bond donors (Lipinski definition) is 1. The molecule has 0 aliphatic carbocycles. The number of ether oxygens (including phenoxy) is 2. The first-order valence-corrected chi connectivity index (χ1v) is 17.8. The lowest BCUT2D eigenvalue weighted by Crippen LogP contribution is -2.37. The minimum atomic E-state index is -0.697. The van der Waals surface area contributed by atoms with Crippen LogP contribution in [0.25, 0.3) is 44.3 Å². The van der Waals surface area contributed by atoms with E-state index in [0.29, 0.717) is 0 Å². The van der Waals surface area contributed by atoms with Gasteiger partial charge in [0.1, 0.15) is 23.0 Å². The van der Waals surface area contributed by atoms with Crippen molar-refractivity contribution in [1.82, 2.24) is 9.88 Å². The molecule has 11 rings (SSSR count). The SMILES string of the molecule is C1=CCNC(c2ccc3c(c2)Oc2ccccc2C32c3ccccc3Oc3c(-c4cccc5c6ccccc6n(-c6ccccc6)c45)cccc32)=C1. The lowest BCUT2D eigenvalue weighted by molar-refractivity contribution is 0.400. The first-order valence-electron chi connectivity index (χ1n) is 17.8. The van der Waals surface area contributed by atoms with E-state index in [0.717, 1.165) is 85.4 Å². The Kier molecular flexibility index (Phi) is 6.20. The highest BCUT2D eigenvalue weighted by Crippen LogP contribution is 2.63. The molecule has 52 heavy (non-hydrogen) atoms. The Morgan fingerprint density at radius 1 is 0.538 bits per heavy atom. The quantitative estimate of drug-likeness (QED) is 0.204. The van der Waals surface area contributed by atoms with E-state index in [9.17, 15) is 0 Å². The van der Waals surface area contributed by atoms with Crippen molar-refractivity contribution in [1.29, 1.82) is 0 Å². The fraction of sp³-hybridized carbons (Fsp3) is 0.0417. The summed E-state index contributed by atoms with van der Waals surface area (Å²) in [6.07, 6.45) is 6.35. The molecule has 4 heterocycles. The highest BCUT2D eigenvalue weighted by atomic mass is 16.5. The normalized spacial score (nSPS) is 16.6. The molecule has 1 N–H and O–H groups in total. The van der Waals surface area contributed by atoms with Gasteiger partial charge in [0, 0.05) is 67.6 Å². The number of allylic oxidation sites excluding steroid dienone is 2. The molecule has 4 nitrogen and oxygen atoms in total. The molecule has 1 unspecified atom stereocenters. The first-order chi connectivity index (χ1) is 25.8. The molecular formula is C48H32N2O2. The summed E-state index contributed by atoms with van der Waals surface area (Å²) in [5.74, 6) is 3.38. The van der Waals surface area contributed by atoms with Crippen molar-refractivity contribution in [3.8, 4) is 39.8 Å². The number of benzene rings is 7. The van der Waals surface area contributed by atoms with E-state index >= 15 is 0 Å². The van der Waals surface area contributed by atoms with Gasteiger partial charge in [-0.1, -0.05) is 133 Å². The van der Waals surface area contributed by atoms with Gasteiger partial charge in [0.25, 0.3) is 0 Å². The molecule has 0 fully saturated rings. The Balaban J connectivity index is 1.24. The third-order valence-corrected chi connectivity index (χ3v) is 10.9. The lowest BCUT2D eigenvalue weighted by atomic mass is 9.62. The largest absolute Gasteiger partial charge is 0.457 e. The molecule has 0 saturated carbocycles. The lowest BCUT2D eigenvalue weighted by Gasteiger charge is -2.45. The van der Waals surface area contributed by atoms with Crippen LogP contribution in [0, 0.1) is 0 Å². The van der Waals surface area contributed by atoms with Crippen LogP contribution < -0.4 is 14.8 Å². The molecule has 3 aliphatic heterocycles. The minimum absolute atomic E-state index is 0.697. The van der Waals surface area contributed by atoms with Crippen molar-refractivity contribution in [2.75, 3.05) is 6.54 Å². The average Bonchev–Trinajstić information content (AvgIpc) is 3.56. The van der Waals surface area contributed by atoms with Gasteiger partial charge in [-0.2, -0.15) is 0 Å². The van der Waals surface area contributed by atoms with Crippen LogP contribution in [0.5, 0.6) is 23.0 Å². The van der Waals surface area contributed by atoms with Crippen molar-refractivity contribution >= 4 is 27.5 Å². The third-order valence-electron chi connectivity index (χ3n) is 10.9. The summed E-state index contributed by atoms with van der Waals surface area (Å²) in [4.78, 5) is 0. The Morgan fingerprint density at radius 2 is 1.21 bits per heavy atom. The van der Waals surface area contributed by atoms with Gasteiger partial charge in [0.05, 0.1) is 16.4 Å². The molecule has 0 radical (unpaired) electrons. The molecule has 246 valence electrons. The highest BCUT2D eigenvalue weighted by Gasteiger charge is 2.51. The van der Waals surface area contributed by atoms with Gasteiger partial charge in [0.15, 0.2) is 0 Å². The molecule has 3 aliphatic rings. The van der Waals surface area contributed by atoms with Crippen LogP contribution in [-0.4, -0.2) is 11.1 Å². The molecule has 1 spiro atoms. The van der Waals surface area contributed by atoms with Crippen LogP contribution in [0.4, 0.5) is 0 Å². The van der Waals surface area contributed by atoms with Gasteiger partial charge in [-0.15, -0.1) is 0 Å². The van der Waals surface area contributed by atoms with Crippen LogP contribution in [0.15, 0.2) is 176 Å². The average molecular weight is 669 g/mol. The van der Waals surface area contributed by atoms with Crippen molar-refractivity contribution in [3.05, 3.63) is 204 Å². The smallest absolute Gasteiger partial charge is 0.140 e. The number of rotatable bonds is 3. The second-order valence-corrected chi connectivity index (χ2v) is 13.6. The Morgan fingerprint density at radius 3 is 2.04 bits per heavy atom. The van der Waals surface area contributed by atoms with Crippen LogP contribution in [0.3, 0.4) is 0 Å². The Labute approximate surface area is 301 Å². The second kappa shape index (κ2) is 11.1. The molecule has 1 atom stereocenters. The maximum Gasteiger partial charge on any atom is 0.140 e. The fourth-order valence-electron chi connectivity index (χ4n) is 8.81. The van der Waals surface area contributed by atoms with Crippen molar-refractivity contribution in [2.24, 2.45) is 0 Å². The minimum Gasteiger partial charge on any atom is -0.457 e. The maximum atomic E-state index is 7.13. The predicted octanol–water partition coefficient (Wildman–Crippen LogP) is 11.5. The summed E-state index contributed by atoms with van der Waals surface area (Å²) in [5.41, 5.74) is 11.4. The standard InChI is InChI=1S/C48H32N2O2/c1-2-14-32(15-3-1)50-42-24-7-4-16-33(42)34-17-12-18-35(46(34)50)36-19-13-22-40-47(36)52-44-26-9-6-21-38(44)48(40)37-20-5-8-25-43(37)51-45-30-31(27-28-39(45)48)41-23-10-11-29-49-41/h1-28,30,49H,29H2. The fourth-order valence-corrected chi connectivity index (χ4v) is 8.81. The van der Waals surface area contributed by atoms with Gasteiger partial charge in [0.2, 0.25) is 0 Å². The van der Waals surface area contributed by atoms with Crippen molar-refractivity contribution < 1.29 is 9.47 Å². The Bertz CT molecular complexity index is 2800. The number of dihydropyridines is 1. The van der Waals surface area contributed by atoms with Crippen molar-refractivity contribution in [3.63, 3.8) is 0 Å². The molecule has 4 heteroatoms. The highest BCUT2D eigenvalue weighted by molar-refractivity contribution is 6.14. The number of aromatic nitrogens is 1. The number of para-hydroxylation sites is 6. The zero-order valence-electron chi connectivity index (χ0n) is 28.2. The van der Waals surface area contributed by atoms with Crippen LogP contribution in [-0.2, 0) is 5.41 Å². The van der Waals surface area contributed by atoms with Gasteiger partial charge >= 0.3 is 0 Å². The first kappa shape index (κ1) is 29.0. The molecule has 7 aromatic carbocycles. The van der Waals surface area contributed by atoms with E-state index in [1.54, 1.807) is 0 Å². The monoisotopic (exact) mass is 668 g/mol. The van der Waals surface area contributed by atoms with E-state index in [4.69, 9.17) is 9.47 Å². The maximum absolute atomic E-state index is 7.13.